The Kier molecular flexibility index (Phi) is 5.17. The van der Waals surface area contributed by atoms with Crippen molar-refractivity contribution >= 4 is 16.7 Å². The molecule has 0 unspecified atom stereocenters. The van der Waals surface area contributed by atoms with Crippen molar-refractivity contribution < 1.29 is 5.11 Å². The molecule has 0 saturated heterocycles. The van der Waals surface area contributed by atoms with Crippen molar-refractivity contribution in [1.82, 2.24) is 9.97 Å². The van der Waals surface area contributed by atoms with Crippen LogP contribution in [0.15, 0.2) is 78.9 Å². The highest BCUT2D eigenvalue weighted by Gasteiger charge is 2.13. The second-order valence-electron chi connectivity index (χ2n) is 6.76. The standard InChI is InChI=1S/C23H22N4O/c24-17(14-16-8-2-1-3-9-16)15-25-22-18-10-4-6-12-20(18)26-23(27-22)19-11-5-7-13-21(19)28/h1-13,17,28H,14-15,24H2,(H,25,26,27)/t17-/m1/s1. The number of anilines is 1. The van der Waals surface area contributed by atoms with Crippen LogP contribution in [0.25, 0.3) is 22.3 Å². The third-order valence-corrected chi connectivity index (χ3v) is 4.62. The lowest BCUT2D eigenvalue weighted by atomic mass is 10.1. The summed E-state index contributed by atoms with van der Waals surface area (Å²) in [7, 11) is 0. The lowest BCUT2D eigenvalue weighted by Crippen LogP contribution is -2.31. The van der Waals surface area contributed by atoms with Crippen molar-refractivity contribution in [2.45, 2.75) is 12.5 Å². The number of para-hydroxylation sites is 2. The highest BCUT2D eigenvalue weighted by molar-refractivity contribution is 5.90. The van der Waals surface area contributed by atoms with Gasteiger partial charge in [-0.1, -0.05) is 54.6 Å². The van der Waals surface area contributed by atoms with E-state index in [1.54, 1.807) is 12.1 Å². The molecule has 4 N–H and O–H groups in total. The molecule has 0 spiro atoms. The van der Waals surface area contributed by atoms with E-state index < -0.39 is 0 Å². The van der Waals surface area contributed by atoms with Gasteiger partial charge < -0.3 is 16.2 Å². The van der Waals surface area contributed by atoms with E-state index in [0.29, 0.717) is 23.8 Å². The fourth-order valence-corrected chi connectivity index (χ4v) is 3.21. The maximum Gasteiger partial charge on any atom is 0.165 e. The number of benzene rings is 3. The average Bonchev–Trinajstić information content (AvgIpc) is 2.73. The number of aromatic hydroxyl groups is 1. The van der Waals surface area contributed by atoms with Crippen molar-refractivity contribution in [2.75, 3.05) is 11.9 Å². The summed E-state index contributed by atoms with van der Waals surface area (Å²) in [5, 5.41) is 14.5. The van der Waals surface area contributed by atoms with Crippen molar-refractivity contribution in [1.29, 1.82) is 0 Å². The van der Waals surface area contributed by atoms with E-state index in [9.17, 15) is 5.11 Å². The van der Waals surface area contributed by atoms with Crippen LogP contribution in [-0.2, 0) is 6.42 Å². The normalized spacial score (nSPS) is 12.0. The molecule has 0 aliphatic heterocycles. The molecule has 1 aromatic heterocycles. The molecule has 0 fully saturated rings. The molecule has 0 aliphatic rings. The van der Waals surface area contributed by atoms with Gasteiger partial charge in [0.2, 0.25) is 0 Å². The molecule has 3 aromatic carbocycles. The molecule has 0 amide bonds. The number of rotatable bonds is 6. The highest BCUT2D eigenvalue weighted by atomic mass is 16.3. The molecular weight excluding hydrogens is 348 g/mol. The number of fused-ring (bicyclic) bond motifs is 1. The number of aromatic nitrogens is 2. The predicted octanol–water partition coefficient (Wildman–Crippen LogP) is 3.98. The van der Waals surface area contributed by atoms with Gasteiger partial charge in [-0.25, -0.2) is 9.97 Å². The molecule has 0 radical (unpaired) electrons. The second kappa shape index (κ2) is 8.06. The first kappa shape index (κ1) is 17.9. The van der Waals surface area contributed by atoms with Gasteiger partial charge in [0.1, 0.15) is 11.6 Å². The Morgan fingerprint density at radius 2 is 1.57 bits per heavy atom. The molecule has 28 heavy (non-hydrogen) atoms. The number of phenols is 1. The van der Waals surface area contributed by atoms with Gasteiger partial charge in [0.25, 0.3) is 0 Å². The quantitative estimate of drug-likeness (QED) is 0.478. The summed E-state index contributed by atoms with van der Waals surface area (Å²) in [6, 6.07) is 25.1. The first-order valence-corrected chi connectivity index (χ1v) is 9.29. The smallest absolute Gasteiger partial charge is 0.165 e. The Bertz CT molecular complexity index is 1080. The molecular formula is C23H22N4O. The van der Waals surface area contributed by atoms with Crippen LogP contribution in [0.3, 0.4) is 0 Å². The molecule has 4 rings (SSSR count). The van der Waals surface area contributed by atoms with Gasteiger partial charge >= 0.3 is 0 Å². The van der Waals surface area contributed by atoms with E-state index in [2.05, 4.69) is 27.4 Å². The minimum absolute atomic E-state index is 0.0512. The molecule has 0 aliphatic carbocycles. The van der Waals surface area contributed by atoms with Gasteiger partial charge in [-0.2, -0.15) is 0 Å². The van der Waals surface area contributed by atoms with Crippen molar-refractivity contribution in [3.63, 3.8) is 0 Å². The van der Waals surface area contributed by atoms with Crippen LogP contribution in [0.1, 0.15) is 5.56 Å². The molecule has 1 atom stereocenters. The SMILES string of the molecule is N[C@@H](CNc1nc(-c2ccccc2O)nc2ccccc12)Cc1ccccc1. The Labute approximate surface area is 163 Å². The largest absolute Gasteiger partial charge is 0.507 e. The molecule has 5 heteroatoms. The van der Waals surface area contributed by atoms with Gasteiger partial charge in [-0.15, -0.1) is 0 Å². The van der Waals surface area contributed by atoms with Crippen LogP contribution >= 0.6 is 0 Å². The van der Waals surface area contributed by atoms with Crippen LogP contribution in [0.4, 0.5) is 5.82 Å². The summed E-state index contributed by atoms with van der Waals surface area (Å²) in [5.41, 5.74) is 8.95. The number of nitrogens with one attached hydrogen (secondary N) is 1. The zero-order chi connectivity index (χ0) is 19.3. The van der Waals surface area contributed by atoms with Gasteiger partial charge in [-0.05, 0) is 36.2 Å². The van der Waals surface area contributed by atoms with E-state index in [0.717, 1.165) is 17.3 Å². The monoisotopic (exact) mass is 370 g/mol. The van der Waals surface area contributed by atoms with E-state index in [1.165, 1.54) is 5.56 Å². The highest BCUT2D eigenvalue weighted by Crippen LogP contribution is 2.29. The molecule has 140 valence electrons. The Balaban J connectivity index is 1.61. The Morgan fingerprint density at radius 3 is 2.39 bits per heavy atom. The first-order chi connectivity index (χ1) is 13.7. The topological polar surface area (TPSA) is 84.1 Å². The van der Waals surface area contributed by atoms with E-state index >= 15 is 0 Å². The fraction of sp³-hybridized carbons (Fsp3) is 0.130. The predicted molar refractivity (Wildman–Crippen MR) is 113 cm³/mol. The Hall–Kier alpha value is -3.44. The lowest BCUT2D eigenvalue weighted by Gasteiger charge is -2.15. The molecule has 0 saturated carbocycles. The fourth-order valence-electron chi connectivity index (χ4n) is 3.21. The van der Waals surface area contributed by atoms with E-state index in [4.69, 9.17) is 5.73 Å². The third kappa shape index (κ3) is 3.94. The first-order valence-electron chi connectivity index (χ1n) is 9.29. The van der Waals surface area contributed by atoms with Crippen LogP contribution in [0.5, 0.6) is 5.75 Å². The van der Waals surface area contributed by atoms with Crippen LogP contribution < -0.4 is 11.1 Å². The number of nitrogens with two attached hydrogens (primary N) is 1. The van der Waals surface area contributed by atoms with E-state index in [1.807, 2.05) is 54.6 Å². The minimum atomic E-state index is -0.0512. The average molecular weight is 370 g/mol. The lowest BCUT2D eigenvalue weighted by molar-refractivity contribution is 0.477. The zero-order valence-corrected chi connectivity index (χ0v) is 15.4. The summed E-state index contributed by atoms with van der Waals surface area (Å²) >= 11 is 0. The molecule has 1 heterocycles. The summed E-state index contributed by atoms with van der Waals surface area (Å²) in [6.07, 6.45) is 0.781. The van der Waals surface area contributed by atoms with Crippen molar-refractivity contribution in [3.05, 3.63) is 84.4 Å². The van der Waals surface area contributed by atoms with Crippen LogP contribution in [0.2, 0.25) is 0 Å². The summed E-state index contributed by atoms with van der Waals surface area (Å²) in [4.78, 5) is 9.29. The zero-order valence-electron chi connectivity index (χ0n) is 15.4. The van der Waals surface area contributed by atoms with Gasteiger partial charge in [0.15, 0.2) is 5.82 Å². The van der Waals surface area contributed by atoms with Crippen LogP contribution in [0, 0.1) is 0 Å². The Morgan fingerprint density at radius 1 is 0.857 bits per heavy atom. The van der Waals surface area contributed by atoms with Gasteiger partial charge in [0, 0.05) is 18.0 Å². The van der Waals surface area contributed by atoms with Gasteiger partial charge in [0.05, 0.1) is 11.1 Å². The second-order valence-corrected chi connectivity index (χ2v) is 6.76. The van der Waals surface area contributed by atoms with Gasteiger partial charge in [-0.3, -0.25) is 0 Å². The minimum Gasteiger partial charge on any atom is -0.507 e. The summed E-state index contributed by atoms with van der Waals surface area (Å²) in [5.74, 6) is 1.35. The molecule has 5 nitrogen and oxygen atoms in total. The number of phenolic OH excluding ortho intramolecular Hbond substituents is 1. The van der Waals surface area contributed by atoms with Crippen molar-refractivity contribution in [2.24, 2.45) is 5.73 Å². The summed E-state index contributed by atoms with van der Waals surface area (Å²) in [6.45, 7) is 0.579. The summed E-state index contributed by atoms with van der Waals surface area (Å²) < 4.78 is 0. The molecule has 4 aromatic rings. The maximum absolute atomic E-state index is 10.2. The van der Waals surface area contributed by atoms with Crippen molar-refractivity contribution in [3.8, 4) is 17.1 Å². The third-order valence-electron chi connectivity index (χ3n) is 4.62. The number of hydrogen-bond acceptors (Lipinski definition) is 5. The van der Waals surface area contributed by atoms with Crippen LogP contribution in [-0.4, -0.2) is 27.7 Å². The number of hydrogen-bond donors (Lipinski definition) is 3. The van der Waals surface area contributed by atoms with E-state index in [-0.39, 0.29) is 11.8 Å². The number of nitrogens with zero attached hydrogens (tertiary/aromatic N) is 2. The molecule has 0 bridgehead atoms. The maximum atomic E-state index is 10.2.